The Hall–Kier alpha value is -0.0300. The van der Waals surface area contributed by atoms with Gasteiger partial charge in [0, 0.05) is 5.75 Å². The van der Waals surface area contributed by atoms with Crippen molar-refractivity contribution in [1.82, 2.24) is 0 Å². The number of aliphatic hydroxyl groups is 2. The van der Waals surface area contributed by atoms with Crippen molar-refractivity contribution >= 4 is 23.1 Å². The second-order valence-corrected chi connectivity index (χ2v) is 4.72. The molecule has 0 amide bonds. The Balaban J connectivity index is 2.02. The SMILES string of the molecule is OCC(O)CSCCc1ccsc1. The highest BCUT2D eigenvalue weighted by Crippen LogP contribution is 2.11. The van der Waals surface area contributed by atoms with E-state index in [0.717, 1.165) is 12.2 Å². The molecule has 1 aromatic heterocycles. The highest BCUT2D eigenvalue weighted by atomic mass is 32.2. The first-order valence-electron chi connectivity index (χ1n) is 4.20. The zero-order valence-electron chi connectivity index (χ0n) is 7.35. The molecule has 1 atom stereocenters. The highest BCUT2D eigenvalue weighted by molar-refractivity contribution is 7.99. The molecule has 0 aliphatic rings. The van der Waals surface area contributed by atoms with Crippen LogP contribution in [0.15, 0.2) is 16.8 Å². The maximum Gasteiger partial charge on any atom is 0.0861 e. The van der Waals surface area contributed by atoms with Crippen molar-refractivity contribution < 1.29 is 10.2 Å². The fourth-order valence-electron chi connectivity index (χ4n) is 0.897. The van der Waals surface area contributed by atoms with Gasteiger partial charge in [0.05, 0.1) is 12.7 Å². The number of hydrogen-bond acceptors (Lipinski definition) is 4. The zero-order chi connectivity index (χ0) is 9.52. The molecule has 0 fully saturated rings. The topological polar surface area (TPSA) is 40.5 Å². The molecule has 2 N–H and O–H groups in total. The van der Waals surface area contributed by atoms with Gasteiger partial charge >= 0.3 is 0 Å². The van der Waals surface area contributed by atoms with E-state index in [1.54, 1.807) is 23.1 Å². The van der Waals surface area contributed by atoms with Gasteiger partial charge in [0.15, 0.2) is 0 Å². The van der Waals surface area contributed by atoms with E-state index in [-0.39, 0.29) is 6.61 Å². The van der Waals surface area contributed by atoms with Crippen LogP contribution >= 0.6 is 23.1 Å². The van der Waals surface area contributed by atoms with Gasteiger partial charge in [0.1, 0.15) is 0 Å². The molecule has 0 bridgehead atoms. The van der Waals surface area contributed by atoms with Crippen molar-refractivity contribution in [2.45, 2.75) is 12.5 Å². The fraction of sp³-hybridized carbons (Fsp3) is 0.556. The van der Waals surface area contributed by atoms with Crippen LogP contribution in [-0.4, -0.2) is 34.4 Å². The first kappa shape index (κ1) is 11.0. The lowest BCUT2D eigenvalue weighted by Gasteiger charge is -2.05. The minimum absolute atomic E-state index is 0.133. The summed E-state index contributed by atoms with van der Waals surface area (Å²) < 4.78 is 0. The molecule has 74 valence electrons. The second-order valence-electron chi connectivity index (χ2n) is 2.79. The van der Waals surface area contributed by atoms with E-state index >= 15 is 0 Å². The summed E-state index contributed by atoms with van der Waals surface area (Å²) in [4.78, 5) is 0. The third-order valence-electron chi connectivity index (χ3n) is 1.64. The lowest BCUT2D eigenvalue weighted by Crippen LogP contribution is -2.15. The van der Waals surface area contributed by atoms with Gasteiger partial charge in [0.25, 0.3) is 0 Å². The standard InChI is InChI=1S/C9H14O2S2/c10-5-9(11)7-13-4-2-8-1-3-12-6-8/h1,3,6,9-11H,2,4-5,7H2. The van der Waals surface area contributed by atoms with E-state index in [9.17, 15) is 0 Å². The van der Waals surface area contributed by atoms with E-state index in [2.05, 4.69) is 16.8 Å². The van der Waals surface area contributed by atoms with Crippen molar-refractivity contribution in [3.05, 3.63) is 22.4 Å². The van der Waals surface area contributed by atoms with E-state index in [0.29, 0.717) is 5.75 Å². The summed E-state index contributed by atoms with van der Waals surface area (Å²) in [7, 11) is 0. The number of rotatable bonds is 6. The minimum atomic E-state index is -0.563. The van der Waals surface area contributed by atoms with E-state index in [1.807, 2.05) is 0 Å². The molecule has 1 heterocycles. The summed E-state index contributed by atoms with van der Waals surface area (Å²) in [6.45, 7) is -0.133. The number of aliphatic hydroxyl groups excluding tert-OH is 2. The molecular weight excluding hydrogens is 204 g/mol. The molecule has 0 saturated heterocycles. The number of hydrogen-bond donors (Lipinski definition) is 2. The Labute approximate surface area is 86.6 Å². The Morgan fingerprint density at radius 1 is 1.54 bits per heavy atom. The van der Waals surface area contributed by atoms with Crippen LogP contribution in [0.4, 0.5) is 0 Å². The van der Waals surface area contributed by atoms with Crippen molar-refractivity contribution in [2.24, 2.45) is 0 Å². The van der Waals surface area contributed by atoms with Crippen LogP contribution in [0.1, 0.15) is 5.56 Å². The molecular formula is C9H14O2S2. The van der Waals surface area contributed by atoms with Gasteiger partial charge in [0.2, 0.25) is 0 Å². The van der Waals surface area contributed by atoms with Crippen LogP contribution in [0.5, 0.6) is 0 Å². The van der Waals surface area contributed by atoms with Crippen LogP contribution in [0.25, 0.3) is 0 Å². The molecule has 2 nitrogen and oxygen atoms in total. The van der Waals surface area contributed by atoms with Crippen LogP contribution in [0.2, 0.25) is 0 Å². The molecule has 0 spiro atoms. The van der Waals surface area contributed by atoms with Gasteiger partial charge in [-0.3, -0.25) is 0 Å². The molecule has 0 aromatic carbocycles. The highest BCUT2D eigenvalue weighted by Gasteiger charge is 2.01. The van der Waals surface area contributed by atoms with Gasteiger partial charge in [-0.15, -0.1) is 0 Å². The van der Waals surface area contributed by atoms with Crippen molar-refractivity contribution in [3.63, 3.8) is 0 Å². The molecule has 0 radical (unpaired) electrons. The van der Waals surface area contributed by atoms with Gasteiger partial charge in [-0.05, 0) is 34.6 Å². The van der Waals surface area contributed by atoms with Crippen LogP contribution in [-0.2, 0) is 6.42 Å². The molecule has 13 heavy (non-hydrogen) atoms. The monoisotopic (exact) mass is 218 g/mol. The van der Waals surface area contributed by atoms with Crippen molar-refractivity contribution in [2.75, 3.05) is 18.1 Å². The largest absolute Gasteiger partial charge is 0.394 e. The predicted octanol–water partition coefficient (Wildman–Crippen LogP) is 1.38. The second kappa shape index (κ2) is 6.43. The van der Waals surface area contributed by atoms with Gasteiger partial charge in [-0.1, -0.05) is 0 Å². The summed E-state index contributed by atoms with van der Waals surface area (Å²) in [5.41, 5.74) is 1.36. The number of aryl methyl sites for hydroxylation is 1. The first-order valence-corrected chi connectivity index (χ1v) is 6.30. The third kappa shape index (κ3) is 4.67. The fourth-order valence-corrected chi connectivity index (χ4v) is 2.52. The molecule has 0 aliphatic heterocycles. The quantitative estimate of drug-likeness (QED) is 0.709. The Morgan fingerprint density at radius 3 is 3.00 bits per heavy atom. The van der Waals surface area contributed by atoms with Crippen LogP contribution in [0.3, 0.4) is 0 Å². The molecule has 1 aromatic rings. The summed E-state index contributed by atoms with van der Waals surface area (Å²) in [6, 6.07) is 2.12. The predicted molar refractivity (Wildman–Crippen MR) is 58.4 cm³/mol. The molecule has 4 heteroatoms. The number of thioether (sulfide) groups is 1. The average Bonchev–Trinajstić information content (AvgIpc) is 2.64. The summed E-state index contributed by atoms with van der Waals surface area (Å²) in [5, 5.41) is 21.8. The third-order valence-corrected chi connectivity index (χ3v) is 3.48. The van der Waals surface area contributed by atoms with Gasteiger partial charge in [-0.2, -0.15) is 23.1 Å². The lowest BCUT2D eigenvalue weighted by atomic mass is 10.3. The Morgan fingerprint density at radius 2 is 2.38 bits per heavy atom. The Bertz CT molecular complexity index is 211. The lowest BCUT2D eigenvalue weighted by molar-refractivity contribution is 0.113. The number of thiophene rings is 1. The smallest absolute Gasteiger partial charge is 0.0861 e. The zero-order valence-corrected chi connectivity index (χ0v) is 8.98. The van der Waals surface area contributed by atoms with E-state index in [1.165, 1.54) is 5.56 Å². The van der Waals surface area contributed by atoms with Crippen molar-refractivity contribution in [1.29, 1.82) is 0 Å². The van der Waals surface area contributed by atoms with Gasteiger partial charge in [-0.25, -0.2) is 0 Å². The molecule has 1 rings (SSSR count). The first-order chi connectivity index (χ1) is 6.33. The van der Waals surface area contributed by atoms with Crippen LogP contribution in [0, 0.1) is 0 Å². The summed E-state index contributed by atoms with van der Waals surface area (Å²) in [5.74, 6) is 1.63. The normalized spacial score (nSPS) is 13.1. The maximum absolute atomic E-state index is 9.05. The van der Waals surface area contributed by atoms with Crippen molar-refractivity contribution in [3.8, 4) is 0 Å². The van der Waals surface area contributed by atoms with E-state index < -0.39 is 6.10 Å². The summed E-state index contributed by atoms with van der Waals surface area (Å²) >= 11 is 3.39. The molecule has 1 unspecified atom stereocenters. The minimum Gasteiger partial charge on any atom is -0.394 e. The van der Waals surface area contributed by atoms with Gasteiger partial charge < -0.3 is 10.2 Å². The summed E-state index contributed by atoms with van der Waals surface area (Å²) in [6.07, 6.45) is 0.485. The average molecular weight is 218 g/mol. The molecule has 0 saturated carbocycles. The molecule has 0 aliphatic carbocycles. The Kier molecular flexibility index (Phi) is 5.46. The van der Waals surface area contributed by atoms with Crippen LogP contribution < -0.4 is 0 Å². The van der Waals surface area contributed by atoms with E-state index in [4.69, 9.17) is 10.2 Å². The maximum atomic E-state index is 9.05.